The van der Waals surface area contributed by atoms with Crippen LogP contribution in [0.5, 0.6) is 5.75 Å². The lowest BCUT2D eigenvalue weighted by Crippen LogP contribution is -2.13. The van der Waals surface area contributed by atoms with E-state index in [1.165, 1.54) is 11.3 Å². The third-order valence-corrected chi connectivity index (χ3v) is 5.06. The average Bonchev–Trinajstić information content (AvgIpc) is 3.15. The molecule has 0 bridgehead atoms. The summed E-state index contributed by atoms with van der Waals surface area (Å²) in [6.07, 6.45) is 0. The molecular formula is C18H18ClN3O2S. The Morgan fingerprint density at radius 1 is 1.32 bits per heavy atom. The summed E-state index contributed by atoms with van der Waals surface area (Å²) in [6.45, 7) is 4.22. The number of nitrogens with one attached hydrogen (secondary N) is 1. The summed E-state index contributed by atoms with van der Waals surface area (Å²) < 4.78 is 7.41. The van der Waals surface area contributed by atoms with Crippen LogP contribution in [-0.4, -0.2) is 15.7 Å². The van der Waals surface area contributed by atoms with E-state index in [1.807, 2.05) is 49.6 Å². The zero-order valence-corrected chi connectivity index (χ0v) is 15.7. The van der Waals surface area contributed by atoms with E-state index in [9.17, 15) is 4.79 Å². The van der Waals surface area contributed by atoms with E-state index in [4.69, 9.17) is 16.3 Å². The van der Waals surface area contributed by atoms with Crippen LogP contribution in [0.3, 0.4) is 0 Å². The highest BCUT2D eigenvalue weighted by atomic mass is 35.5. The molecule has 2 heterocycles. The third-order valence-electron chi connectivity index (χ3n) is 3.66. The van der Waals surface area contributed by atoms with Gasteiger partial charge in [0, 0.05) is 23.7 Å². The molecular weight excluding hydrogens is 358 g/mol. The van der Waals surface area contributed by atoms with Crippen molar-refractivity contribution in [3.05, 3.63) is 62.4 Å². The number of benzene rings is 1. The number of rotatable bonds is 5. The van der Waals surface area contributed by atoms with Gasteiger partial charge >= 0.3 is 0 Å². The van der Waals surface area contributed by atoms with Gasteiger partial charge in [0.05, 0.1) is 10.6 Å². The van der Waals surface area contributed by atoms with E-state index >= 15 is 0 Å². The first-order valence-electron chi connectivity index (χ1n) is 7.71. The maximum Gasteiger partial charge on any atom is 0.266 e. The molecule has 0 fully saturated rings. The van der Waals surface area contributed by atoms with Gasteiger partial charge in [0.15, 0.2) is 0 Å². The van der Waals surface area contributed by atoms with Crippen LogP contribution >= 0.6 is 22.9 Å². The topological polar surface area (TPSA) is 56.1 Å². The first-order valence-corrected chi connectivity index (χ1v) is 8.96. The number of carbonyl (C=O) groups is 1. The highest BCUT2D eigenvalue weighted by Crippen LogP contribution is 2.23. The standard InChI is InChI=1S/C18H18ClN3O2S/c1-11-6-14(4-5-15(11)19)24-9-13-8-16(25-10-13)18(23)20-17-7-12(2)21-22(17)3/h4-8,10H,9H2,1-3H3,(H,20,23). The quantitative estimate of drug-likeness (QED) is 0.709. The highest BCUT2D eigenvalue weighted by Gasteiger charge is 2.12. The molecule has 1 N–H and O–H groups in total. The molecule has 0 aliphatic heterocycles. The number of thiophene rings is 1. The van der Waals surface area contributed by atoms with Gasteiger partial charge in [-0.05, 0) is 49.1 Å². The maximum absolute atomic E-state index is 12.3. The summed E-state index contributed by atoms with van der Waals surface area (Å²) in [5, 5.41) is 9.72. The van der Waals surface area contributed by atoms with Crippen LogP contribution < -0.4 is 10.1 Å². The van der Waals surface area contributed by atoms with Crippen molar-refractivity contribution in [2.75, 3.05) is 5.32 Å². The molecule has 0 atom stereocenters. The molecule has 0 unspecified atom stereocenters. The number of anilines is 1. The first kappa shape index (κ1) is 17.5. The van der Waals surface area contributed by atoms with Crippen molar-refractivity contribution in [2.24, 2.45) is 7.05 Å². The van der Waals surface area contributed by atoms with Crippen LogP contribution in [0.2, 0.25) is 5.02 Å². The molecule has 5 nitrogen and oxygen atoms in total. The van der Waals surface area contributed by atoms with Crippen LogP contribution in [-0.2, 0) is 13.7 Å². The molecule has 25 heavy (non-hydrogen) atoms. The monoisotopic (exact) mass is 375 g/mol. The lowest BCUT2D eigenvalue weighted by Gasteiger charge is -2.06. The molecule has 0 radical (unpaired) electrons. The molecule has 1 aromatic carbocycles. The van der Waals surface area contributed by atoms with Crippen LogP contribution in [0.4, 0.5) is 5.82 Å². The van der Waals surface area contributed by atoms with Crippen molar-refractivity contribution in [1.82, 2.24) is 9.78 Å². The van der Waals surface area contributed by atoms with E-state index < -0.39 is 0 Å². The summed E-state index contributed by atoms with van der Waals surface area (Å²) in [5.41, 5.74) is 2.77. The highest BCUT2D eigenvalue weighted by molar-refractivity contribution is 7.12. The number of amides is 1. The van der Waals surface area contributed by atoms with Gasteiger partial charge in [-0.1, -0.05) is 11.6 Å². The summed E-state index contributed by atoms with van der Waals surface area (Å²) in [7, 11) is 1.80. The van der Waals surface area contributed by atoms with Gasteiger partial charge in [-0.25, -0.2) is 0 Å². The summed E-state index contributed by atoms with van der Waals surface area (Å²) >= 11 is 7.40. The van der Waals surface area contributed by atoms with Gasteiger partial charge in [-0.15, -0.1) is 11.3 Å². The molecule has 3 rings (SSSR count). The third kappa shape index (κ3) is 4.21. The molecule has 2 aromatic heterocycles. The fourth-order valence-corrected chi connectivity index (χ4v) is 3.26. The number of carbonyl (C=O) groups excluding carboxylic acids is 1. The lowest BCUT2D eigenvalue weighted by molar-refractivity contribution is 0.102. The minimum absolute atomic E-state index is 0.151. The van der Waals surface area contributed by atoms with Crippen molar-refractivity contribution in [3.8, 4) is 5.75 Å². The van der Waals surface area contributed by atoms with Crippen LogP contribution in [0.1, 0.15) is 26.5 Å². The second-order valence-electron chi connectivity index (χ2n) is 5.77. The van der Waals surface area contributed by atoms with Crippen molar-refractivity contribution < 1.29 is 9.53 Å². The number of aromatic nitrogens is 2. The van der Waals surface area contributed by atoms with Crippen LogP contribution in [0, 0.1) is 13.8 Å². The second-order valence-corrected chi connectivity index (χ2v) is 7.09. The number of nitrogens with zero attached hydrogens (tertiary/aromatic N) is 2. The first-order chi connectivity index (χ1) is 11.9. The number of hydrogen-bond donors (Lipinski definition) is 1. The maximum atomic E-state index is 12.3. The van der Waals surface area contributed by atoms with Crippen molar-refractivity contribution in [3.63, 3.8) is 0 Å². The van der Waals surface area contributed by atoms with Gasteiger partial charge in [0.1, 0.15) is 18.2 Å². The molecule has 0 spiro atoms. The number of hydrogen-bond acceptors (Lipinski definition) is 4. The second kappa shape index (κ2) is 7.29. The molecule has 0 saturated carbocycles. The van der Waals surface area contributed by atoms with Gasteiger partial charge in [0.2, 0.25) is 0 Å². The Bertz CT molecular complexity index is 917. The molecule has 0 aliphatic rings. The molecule has 1 amide bonds. The SMILES string of the molecule is Cc1cc(NC(=O)c2cc(COc3ccc(Cl)c(C)c3)cs2)n(C)n1. The average molecular weight is 376 g/mol. The Morgan fingerprint density at radius 2 is 2.12 bits per heavy atom. The summed E-state index contributed by atoms with van der Waals surface area (Å²) in [5.74, 6) is 1.27. The minimum Gasteiger partial charge on any atom is -0.489 e. The van der Waals surface area contributed by atoms with Gasteiger partial charge in [-0.3, -0.25) is 9.48 Å². The van der Waals surface area contributed by atoms with Gasteiger partial charge < -0.3 is 10.1 Å². The van der Waals surface area contributed by atoms with Crippen molar-refractivity contribution in [2.45, 2.75) is 20.5 Å². The molecule has 130 valence electrons. The Kier molecular flexibility index (Phi) is 5.11. The zero-order valence-electron chi connectivity index (χ0n) is 14.2. The Morgan fingerprint density at radius 3 is 2.80 bits per heavy atom. The van der Waals surface area contributed by atoms with E-state index in [2.05, 4.69) is 10.4 Å². The van der Waals surface area contributed by atoms with E-state index in [1.54, 1.807) is 11.7 Å². The van der Waals surface area contributed by atoms with E-state index in [-0.39, 0.29) is 5.91 Å². The fraction of sp³-hybridized carbons (Fsp3) is 0.222. The molecule has 0 saturated heterocycles. The van der Waals surface area contributed by atoms with Gasteiger partial charge in [0.25, 0.3) is 5.91 Å². The fourth-order valence-electron chi connectivity index (χ4n) is 2.35. The molecule has 0 aliphatic carbocycles. The van der Waals surface area contributed by atoms with Gasteiger partial charge in [-0.2, -0.15) is 5.10 Å². The van der Waals surface area contributed by atoms with Crippen molar-refractivity contribution in [1.29, 1.82) is 0 Å². The number of ether oxygens (including phenoxy) is 1. The van der Waals surface area contributed by atoms with E-state index in [0.717, 1.165) is 22.6 Å². The number of aryl methyl sites for hydroxylation is 3. The van der Waals surface area contributed by atoms with Crippen LogP contribution in [0.25, 0.3) is 0 Å². The van der Waals surface area contributed by atoms with E-state index in [0.29, 0.717) is 22.3 Å². The predicted octanol–water partition coefficient (Wildman–Crippen LogP) is 4.58. The number of halogens is 1. The Balaban J connectivity index is 1.62. The lowest BCUT2D eigenvalue weighted by atomic mass is 10.2. The Hall–Kier alpha value is -2.31. The largest absolute Gasteiger partial charge is 0.489 e. The van der Waals surface area contributed by atoms with Crippen LogP contribution in [0.15, 0.2) is 35.7 Å². The van der Waals surface area contributed by atoms with Crippen molar-refractivity contribution >= 4 is 34.7 Å². The summed E-state index contributed by atoms with van der Waals surface area (Å²) in [4.78, 5) is 13.0. The molecule has 7 heteroatoms. The Labute approximate surface area is 155 Å². The normalized spacial score (nSPS) is 10.7. The smallest absolute Gasteiger partial charge is 0.266 e. The molecule has 3 aromatic rings. The minimum atomic E-state index is -0.151. The predicted molar refractivity (Wildman–Crippen MR) is 101 cm³/mol. The zero-order chi connectivity index (χ0) is 18.0. The summed E-state index contributed by atoms with van der Waals surface area (Å²) in [6, 6.07) is 9.21.